The van der Waals surface area contributed by atoms with Crippen LogP contribution in [0.3, 0.4) is 0 Å². The second-order valence-electron chi connectivity index (χ2n) is 6.78. The van der Waals surface area contributed by atoms with Gasteiger partial charge in [0.05, 0.1) is 11.2 Å². The lowest BCUT2D eigenvalue weighted by atomic mass is 10.1. The Balaban J connectivity index is 0.000000242. The number of pyridine rings is 1. The first-order valence-electron chi connectivity index (χ1n) is 9.68. The Morgan fingerprint density at radius 1 is 1.00 bits per heavy atom. The van der Waals surface area contributed by atoms with Crippen molar-refractivity contribution < 1.29 is 0 Å². The molecule has 0 fully saturated rings. The first-order valence-corrected chi connectivity index (χ1v) is 9.68. The van der Waals surface area contributed by atoms with Gasteiger partial charge in [0.15, 0.2) is 0 Å². The number of fused-ring (bicyclic) bond motifs is 3. The van der Waals surface area contributed by atoms with E-state index in [1.807, 2.05) is 6.20 Å². The molecule has 142 valence electrons. The summed E-state index contributed by atoms with van der Waals surface area (Å²) in [6, 6.07) is 19.0. The normalized spacial score (nSPS) is 10.4. The van der Waals surface area contributed by atoms with Crippen LogP contribution in [-0.2, 0) is 0 Å². The maximum atomic E-state index is 7.82. The van der Waals surface area contributed by atoms with Crippen molar-refractivity contribution in [3.8, 4) is 11.3 Å². The number of aromatic amines is 1. The number of unbranched alkanes of at least 4 members (excludes halogenated alkanes) is 2. The zero-order chi connectivity index (χ0) is 19.8. The van der Waals surface area contributed by atoms with E-state index in [2.05, 4.69) is 88.4 Å². The summed E-state index contributed by atoms with van der Waals surface area (Å²) in [7, 11) is 0. The fraction of sp³-hybridized carbons (Fsp3) is 0.261. The Kier molecular flexibility index (Phi) is 6.66. The average molecular weight is 371 g/mol. The molecule has 5 nitrogen and oxygen atoms in total. The monoisotopic (exact) mass is 371 g/mol. The predicted octanol–water partition coefficient (Wildman–Crippen LogP) is 7.18. The van der Waals surface area contributed by atoms with Crippen LogP contribution in [0.1, 0.15) is 31.7 Å². The number of aryl methyl sites for hydroxylation is 1. The van der Waals surface area contributed by atoms with Crippen LogP contribution in [0.4, 0.5) is 0 Å². The van der Waals surface area contributed by atoms with E-state index in [1.54, 1.807) is 0 Å². The summed E-state index contributed by atoms with van der Waals surface area (Å²) in [6.45, 7) is 4.88. The summed E-state index contributed by atoms with van der Waals surface area (Å²) >= 11 is 0. The fourth-order valence-corrected chi connectivity index (χ4v) is 3.18. The van der Waals surface area contributed by atoms with Gasteiger partial charge in [-0.05, 0) is 31.0 Å². The molecule has 0 atom stereocenters. The van der Waals surface area contributed by atoms with Crippen LogP contribution >= 0.6 is 0 Å². The molecule has 28 heavy (non-hydrogen) atoms. The molecule has 1 N–H and O–H groups in total. The molecule has 2 aromatic heterocycles. The van der Waals surface area contributed by atoms with Gasteiger partial charge >= 0.3 is 0 Å². The van der Waals surface area contributed by atoms with Gasteiger partial charge in [-0.25, -0.2) is 0 Å². The third-order valence-electron chi connectivity index (χ3n) is 4.68. The molecule has 0 saturated carbocycles. The third kappa shape index (κ3) is 4.51. The van der Waals surface area contributed by atoms with Gasteiger partial charge in [-0.15, -0.1) is 0 Å². The quantitative estimate of drug-likeness (QED) is 0.171. The van der Waals surface area contributed by atoms with E-state index >= 15 is 0 Å². The van der Waals surface area contributed by atoms with Crippen LogP contribution in [0.15, 0.2) is 65.9 Å². The molecule has 0 aliphatic heterocycles. The number of H-pyrrole nitrogens is 1. The van der Waals surface area contributed by atoms with Crippen molar-refractivity contribution in [3.05, 3.63) is 76.8 Å². The summed E-state index contributed by atoms with van der Waals surface area (Å²) < 4.78 is 0. The van der Waals surface area contributed by atoms with Crippen LogP contribution < -0.4 is 0 Å². The van der Waals surface area contributed by atoms with E-state index in [0.717, 1.165) is 28.7 Å². The van der Waals surface area contributed by atoms with E-state index in [4.69, 9.17) is 5.53 Å². The maximum Gasteiger partial charge on any atom is 0.0943 e. The second kappa shape index (κ2) is 9.58. The highest BCUT2D eigenvalue weighted by Gasteiger charge is 2.10. The summed E-state index contributed by atoms with van der Waals surface area (Å²) in [5.74, 6) is 0. The molecular formula is C23H25N5. The van der Waals surface area contributed by atoms with Gasteiger partial charge in [-0.2, -0.15) is 0 Å². The largest absolute Gasteiger partial charge is 0.353 e. The number of hydrogen-bond acceptors (Lipinski definition) is 2. The van der Waals surface area contributed by atoms with Crippen LogP contribution in [0.5, 0.6) is 0 Å². The highest BCUT2D eigenvalue weighted by Crippen LogP contribution is 2.31. The van der Waals surface area contributed by atoms with Crippen molar-refractivity contribution in [1.82, 2.24) is 9.97 Å². The molecule has 0 unspecified atom stereocenters. The Hall–Kier alpha value is -3.30. The van der Waals surface area contributed by atoms with Crippen LogP contribution in [0.2, 0.25) is 0 Å². The molecule has 0 aliphatic rings. The van der Waals surface area contributed by atoms with Gasteiger partial charge in [0, 0.05) is 39.5 Å². The van der Waals surface area contributed by atoms with Crippen LogP contribution in [0, 0.1) is 6.92 Å². The number of nitrogens with one attached hydrogen (secondary N) is 1. The number of aromatic nitrogens is 2. The first kappa shape index (κ1) is 19.5. The van der Waals surface area contributed by atoms with Gasteiger partial charge in [-0.1, -0.05) is 72.9 Å². The molecule has 5 heteroatoms. The maximum absolute atomic E-state index is 7.82. The minimum atomic E-state index is 0.657. The van der Waals surface area contributed by atoms with Crippen molar-refractivity contribution in [2.24, 2.45) is 5.11 Å². The Bertz CT molecular complexity index is 1090. The van der Waals surface area contributed by atoms with E-state index < -0.39 is 0 Å². The zero-order valence-corrected chi connectivity index (χ0v) is 16.4. The molecule has 2 heterocycles. The lowest BCUT2D eigenvalue weighted by Crippen LogP contribution is -1.85. The van der Waals surface area contributed by atoms with Crippen LogP contribution in [-0.4, -0.2) is 16.5 Å². The predicted molar refractivity (Wildman–Crippen MR) is 117 cm³/mol. The SMILES string of the molecule is CCCCCN=[N+]=[N-].Cc1ccc(-c2nccc3c2[nH]c2ccccc23)cc1. The van der Waals surface area contributed by atoms with Gasteiger partial charge in [0.1, 0.15) is 0 Å². The third-order valence-corrected chi connectivity index (χ3v) is 4.68. The zero-order valence-electron chi connectivity index (χ0n) is 16.4. The Morgan fingerprint density at radius 2 is 1.79 bits per heavy atom. The average Bonchev–Trinajstić information content (AvgIpc) is 3.11. The topological polar surface area (TPSA) is 77.4 Å². The molecule has 4 aromatic rings. The lowest BCUT2D eigenvalue weighted by Gasteiger charge is -2.03. The molecule has 2 aromatic carbocycles. The number of para-hydroxylation sites is 1. The van der Waals surface area contributed by atoms with Gasteiger partial charge in [-0.3, -0.25) is 4.98 Å². The molecule has 0 aliphatic carbocycles. The number of benzene rings is 2. The van der Waals surface area contributed by atoms with E-state index in [9.17, 15) is 0 Å². The van der Waals surface area contributed by atoms with Gasteiger partial charge < -0.3 is 4.98 Å². The molecule has 0 saturated heterocycles. The Morgan fingerprint density at radius 3 is 2.54 bits per heavy atom. The molecular weight excluding hydrogens is 346 g/mol. The summed E-state index contributed by atoms with van der Waals surface area (Å²) in [4.78, 5) is 10.7. The minimum absolute atomic E-state index is 0.657. The molecule has 0 spiro atoms. The minimum Gasteiger partial charge on any atom is -0.353 e. The second-order valence-corrected chi connectivity index (χ2v) is 6.78. The smallest absolute Gasteiger partial charge is 0.0943 e. The standard InChI is InChI=1S/C18H14N2.C5H11N3/c1-12-6-8-13(9-7-12)17-18-15(10-11-19-17)14-4-2-3-5-16(14)20-18;1-2-3-4-5-7-8-6/h2-11,20H,1H3;2-5H2,1H3. The molecule has 0 amide bonds. The van der Waals surface area contributed by atoms with Gasteiger partial charge in [0.25, 0.3) is 0 Å². The van der Waals surface area contributed by atoms with Crippen molar-refractivity contribution in [3.63, 3.8) is 0 Å². The van der Waals surface area contributed by atoms with Crippen LogP contribution in [0.25, 0.3) is 43.5 Å². The van der Waals surface area contributed by atoms with E-state index in [-0.39, 0.29) is 0 Å². The Labute approximate surface area is 165 Å². The number of nitrogens with zero attached hydrogens (tertiary/aromatic N) is 4. The van der Waals surface area contributed by atoms with Gasteiger partial charge in [0.2, 0.25) is 0 Å². The van der Waals surface area contributed by atoms with E-state index in [0.29, 0.717) is 6.54 Å². The molecule has 4 rings (SSSR count). The molecule has 0 radical (unpaired) electrons. The van der Waals surface area contributed by atoms with Crippen molar-refractivity contribution >= 4 is 21.8 Å². The first-order chi connectivity index (χ1) is 13.7. The highest BCUT2D eigenvalue weighted by atomic mass is 15.1. The van der Waals surface area contributed by atoms with Crippen molar-refractivity contribution in [2.75, 3.05) is 6.54 Å². The summed E-state index contributed by atoms with van der Waals surface area (Å²) in [5.41, 5.74) is 13.5. The number of hydrogen-bond donors (Lipinski definition) is 1. The number of rotatable bonds is 5. The molecule has 0 bridgehead atoms. The summed E-state index contributed by atoms with van der Waals surface area (Å²) in [5, 5.41) is 5.87. The highest BCUT2D eigenvalue weighted by molar-refractivity contribution is 6.10. The fourth-order valence-electron chi connectivity index (χ4n) is 3.18. The van der Waals surface area contributed by atoms with Crippen molar-refractivity contribution in [1.29, 1.82) is 0 Å². The lowest BCUT2D eigenvalue weighted by molar-refractivity contribution is 0.725. The summed E-state index contributed by atoms with van der Waals surface area (Å²) in [6.07, 6.45) is 5.26. The number of azide groups is 1. The van der Waals surface area contributed by atoms with Crippen molar-refractivity contribution in [2.45, 2.75) is 33.1 Å². The van der Waals surface area contributed by atoms with E-state index in [1.165, 1.54) is 29.2 Å².